The largest absolute Gasteiger partial charge is 0.384 e. The summed E-state index contributed by atoms with van der Waals surface area (Å²) in [6.07, 6.45) is 3.25. The van der Waals surface area contributed by atoms with E-state index in [0.29, 0.717) is 5.84 Å². The molecule has 4 N–H and O–H groups in total. The highest BCUT2D eigenvalue weighted by Gasteiger charge is 1.95. The van der Waals surface area contributed by atoms with E-state index in [1.807, 2.05) is 0 Å². The molecular formula is C4H7N4. The average Bonchev–Trinajstić information content (AvgIpc) is 1.77. The number of nitrogens with two attached hydrogens (primary N) is 2. The number of nitrogens with zero attached hydrogens (tertiary/aromatic N) is 2. The summed E-state index contributed by atoms with van der Waals surface area (Å²) in [7, 11) is 0. The van der Waals surface area contributed by atoms with Gasteiger partial charge in [-0.15, -0.1) is 0 Å². The van der Waals surface area contributed by atoms with Gasteiger partial charge in [-0.25, -0.2) is 10.8 Å². The molecule has 0 fully saturated rings. The van der Waals surface area contributed by atoms with E-state index in [-0.39, 0.29) is 0 Å². The summed E-state index contributed by atoms with van der Waals surface area (Å²) in [5.74, 6) is 5.70. The highest BCUT2D eigenvalue weighted by atomic mass is 15.4. The van der Waals surface area contributed by atoms with E-state index in [4.69, 9.17) is 11.6 Å². The SMILES string of the molecule is NC1=N[CH]N(N)C=C1. The highest BCUT2D eigenvalue weighted by Crippen LogP contribution is 1.93. The minimum atomic E-state index is 0.478. The summed E-state index contributed by atoms with van der Waals surface area (Å²) in [5, 5.41) is 1.33. The van der Waals surface area contributed by atoms with Gasteiger partial charge in [0.05, 0.1) is 0 Å². The average molecular weight is 111 g/mol. The monoisotopic (exact) mass is 111 g/mol. The fraction of sp³-hybridized carbons (Fsp3) is 0. The summed E-state index contributed by atoms with van der Waals surface area (Å²) in [6, 6.07) is 0. The second kappa shape index (κ2) is 1.83. The van der Waals surface area contributed by atoms with Crippen LogP contribution in [0.5, 0.6) is 0 Å². The van der Waals surface area contributed by atoms with Crippen LogP contribution in [0.15, 0.2) is 17.3 Å². The third-order valence-electron chi connectivity index (χ3n) is 0.758. The number of aliphatic imine (C=N–C) groups is 1. The lowest BCUT2D eigenvalue weighted by atomic mass is 10.5. The number of hydrogen-bond acceptors (Lipinski definition) is 4. The summed E-state index contributed by atoms with van der Waals surface area (Å²) in [5.41, 5.74) is 5.25. The van der Waals surface area contributed by atoms with Crippen molar-refractivity contribution in [3.63, 3.8) is 0 Å². The van der Waals surface area contributed by atoms with Crippen LogP contribution in [0.3, 0.4) is 0 Å². The van der Waals surface area contributed by atoms with Crippen molar-refractivity contribution < 1.29 is 0 Å². The lowest BCUT2D eigenvalue weighted by Gasteiger charge is -2.11. The second-order valence-electron chi connectivity index (χ2n) is 1.43. The maximum Gasteiger partial charge on any atom is 0.178 e. The van der Waals surface area contributed by atoms with Gasteiger partial charge in [-0.1, -0.05) is 0 Å². The molecule has 1 heterocycles. The summed E-state index contributed by atoms with van der Waals surface area (Å²) in [4.78, 5) is 3.69. The van der Waals surface area contributed by atoms with Crippen LogP contribution < -0.4 is 11.6 Å². The molecule has 1 aliphatic heterocycles. The molecule has 0 unspecified atom stereocenters. The molecule has 0 aromatic rings. The molecule has 1 radical (unpaired) electrons. The normalized spacial score (nSPS) is 18.6. The minimum Gasteiger partial charge on any atom is -0.384 e. The maximum atomic E-state index is 5.25. The number of hydrogen-bond donors (Lipinski definition) is 2. The third kappa shape index (κ3) is 0.974. The fourth-order valence-corrected chi connectivity index (χ4v) is 0.377. The van der Waals surface area contributed by atoms with Crippen molar-refractivity contribution >= 4 is 5.84 Å². The number of hydrazine groups is 1. The van der Waals surface area contributed by atoms with Crippen molar-refractivity contribution in [3.05, 3.63) is 18.9 Å². The van der Waals surface area contributed by atoms with Gasteiger partial charge in [-0.05, 0) is 6.08 Å². The molecular weight excluding hydrogens is 104 g/mol. The Bertz CT molecular complexity index is 137. The minimum absolute atomic E-state index is 0.478. The smallest absolute Gasteiger partial charge is 0.178 e. The zero-order valence-electron chi connectivity index (χ0n) is 4.28. The van der Waals surface area contributed by atoms with Crippen molar-refractivity contribution in [1.29, 1.82) is 0 Å². The van der Waals surface area contributed by atoms with E-state index in [9.17, 15) is 0 Å². The molecule has 8 heavy (non-hydrogen) atoms. The van der Waals surface area contributed by atoms with Gasteiger partial charge in [0, 0.05) is 6.20 Å². The van der Waals surface area contributed by atoms with Gasteiger partial charge in [-0.3, -0.25) is 5.01 Å². The molecule has 0 spiro atoms. The Morgan fingerprint density at radius 2 is 2.38 bits per heavy atom. The second-order valence-corrected chi connectivity index (χ2v) is 1.43. The van der Waals surface area contributed by atoms with Gasteiger partial charge in [0.2, 0.25) is 0 Å². The van der Waals surface area contributed by atoms with Crippen LogP contribution in [0.25, 0.3) is 0 Å². The molecule has 0 aromatic carbocycles. The molecule has 0 aromatic heterocycles. The summed E-state index contributed by atoms with van der Waals surface area (Å²) >= 11 is 0. The maximum absolute atomic E-state index is 5.25. The quantitative estimate of drug-likeness (QED) is 0.401. The lowest BCUT2D eigenvalue weighted by Crippen LogP contribution is -2.26. The molecule has 43 valence electrons. The van der Waals surface area contributed by atoms with Gasteiger partial charge in [0.1, 0.15) is 5.84 Å². The Kier molecular flexibility index (Phi) is 1.17. The standard InChI is InChI=1S/C4H7N4/c5-4-1-2-8(6)3-7-4/h1-3H,6H2,(H2,5,7). The Morgan fingerprint density at radius 1 is 1.62 bits per heavy atom. The van der Waals surface area contributed by atoms with Crippen LogP contribution in [0.1, 0.15) is 0 Å². The molecule has 4 heteroatoms. The van der Waals surface area contributed by atoms with E-state index >= 15 is 0 Å². The van der Waals surface area contributed by atoms with Gasteiger partial charge in [0.25, 0.3) is 0 Å². The lowest BCUT2D eigenvalue weighted by molar-refractivity contribution is 0.473. The topological polar surface area (TPSA) is 67.6 Å². The molecule has 4 nitrogen and oxygen atoms in total. The molecule has 0 atom stereocenters. The predicted octanol–water partition coefficient (Wildman–Crippen LogP) is -0.834. The van der Waals surface area contributed by atoms with E-state index in [1.165, 1.54) is 11.7 Å². The van der Waals surface area contributed by atoms with Gasteiger partial charge in [0.15, 0.2) is 6.67 Å². The van der Waals surface area contributed by atoms with Crippen LogP contribution in [-0.2, 0) is 0 Å². The van der Waals surface area contributed by atoms with Crippen molar-refractivity contribution in [1.82, 2.24) is 5.01 Å². The first-order valence-electron chi connectivity index (χ1n) is 2.17. The van der Waals surface area contributed by atoms with Crippen molar-refractivity contribution in [2.24, 2.45) is 16.6 Å². The summed E-state index contributed by atoms with van der Waals surface area (Å²) < 4.78 is 0. The molecule has 0 aliphatic carbocycles. The van der Waals surface area contributed by atoms with Crippen LogP contribution in [-0.4, -0.2) is 10.8 Å². The first kappa shape index (κ1) is 5.11. The van der Waals surface area contributed by atoms with Crippen LogP contribution in [0.4, 0.5) is 0 Å². The van der Waals surface area contributed by atoms with E-state index in [2.05, 4.69) is 4.99 Å². The van der Waals surface area contributed by atoms with Gasteiger partial charge >= 0.3 is 0 Å². The Morgan fingerprint density at radius 3 is 2.75 bits per heavy atom. The number of rotatable bonds is 0. The molecule has 0 bridgehead atoms. The zero-order chi connectivity index (χ0) is 5.98. The van der Waals surface area contributed by atoms with Crippen LogP contribution in [0.2, 0.25) is 0 Å². The number of amidine groups is 1. The molecule has 0 amide bonds. The van der Waals surface area contributed by atoms with Gasteiger partial charge < -0.3 is 5.73 Å². The molecule has 0 saturated carbocycles. The van der Waals surface area contributed by atoms with Crippen molar-refractivity contribution in [2.75, 3.05) is 0 Å². The summed E-state index contributed by atoms with van der Waals surface area (Å²) in [6.45, 7) is 1.44. The Balaban J connectivity index is 2.58. The van der Waals surface area contributed by atoms with Gasteiger partial charge in [-0.2, -0.15) is 0 Å². The molecule has 0 saturated heterocycles. The predicted molar refractivity (Wildman–Crippen MR) is 31.1 cm³/mol. The Labute approximate surface area is 47.4 Å². The van der Waals surface area contributed by atoms with E-state index in [1.54, 1.807) is 12.3 Å². The Hall–Kier alpha value is -1.03. The van der Waals surface area contributed by atoms with Crippen molar-refractivity contribution in [2.45, 2.75) is 0 Å². The first-order chi connectivity index (χ1) is 3.79. The third-order valence-corrected chi connectivity index (χ3v) is 0.758. The zero-order valence-corrected chi connectivity index (χ0v) is 4.28. The first-order valence-corrected chi connectivity index (χ1v) is 2.17. The molecule has 1 aliphatic rings. The highest BCUT2D eigenvalue weighted by molar-refractivity contribution is 5.92. The van der Waals surface area contributed by atoms with Crippen molar-refractivity contribution in [3.8, 4) is 0 Å². The fourth-order valence-electron chi connectivity index (χ4n) is 0.377. The van der Waals surface area contributed by atoms with E-state index in [0.717, 1.165) is 0 Å². The van der Waals surface area contributed by atoms with Crippen LogP contribution >= 0.6 is 0 Å². The molecule has 1 rings (SSSR count). The van der Waals surface area contributed by atoms with E-state index < -0.39 is 0 Å². The van der Waals surface area contributed by atoms with Crippen LogP contribution in [0, 0.1) is 6.67 Å².